The SMILES string of the molecule is Fc1ccc(Oc2cc(Sc3ccnc4ccsc34)cnc2Nc2ncns2)cc1. The van der Waals surface area contributed by atoms with Crippen molar-refractivity contribution in [1.82, 2.24) is 19.3 Å². The number of anilines is 2. The van der Waals surface area contributed by atoms with Gasteiger partial charge in [-0.05, 0) is 41.8 Å². The topological polar surface area (TPSA) is 72.8 Å². The fraction of sp³-hybridized carbons (Fsp3) is 0. The predicted octanol–water partition coefficient (Wildman–Crippen LogP) is 6.37. The van der Waals surface area contributed by atoms with E-state index in [0.717, 1.165) is 20.0 Å². The Morgan fingerprint density at radius 1 is 1.03 bits per heavy atom. The molecule has 5 aromatic rings. The first kappa shape index (κ1) is 18.9. The summed E-state index contributed by atoms with van der Waals surface area (Å²) in [7, 11) is 0. The summed E-state index contributed by atoms with van der Waals surface area (Å²) in [5.41, 5.74) is 0.968. The van der Waals surface area contributed by atoms with Gasteiger partial charge in [0, 0.05) is 39.8 Å². The van der Waals surface area contributed by atoms with E-state index in [1.54, 1.807) is 47.6 Å². The van der Waals surface area contributed by atoms with Crippen molar-refractivity contribution >= 4 is 55.8 Å². The van der Waals surface area contributed by atoms with E-state index in [1.165, 1.54) is 30.0 Å². The second-order valence-corrected chi connectivity index (χ2v) is 8.80. The predicted molar refractivity (Wildman–Crippen MR) is 118 cm³/mol. The van der Waals surface area contributed by atoms with Crippen LogP contribution in [0.1, 0.15) is 0 Å². The average molecular weight is 454 g/mol. The van der Waals surface area contributed by atoms with Gasteiger partial charge in [0.1, 0.15) is 17.9 Å². The zero-order valence-electron chi connectivity index (χ0n) is 15.2. The number of pyridine rings is 2. The number of benzene rings is 1. The first-order valence-electron chi connectivity index (χ1n) is 8.72. The largest absolute Gasteiger partial charge is 0.453 e. The van der Waals surface area contributed by atoms with Gasteiger partial charge in [0.15, 0.2) is 11.6 Å². The monoisotopic (exact) mass is 453 g/mol. The molecule has 10 heteroatoms. The summed E-state index contributed by atoms with van der Waals surface area (Å²) in [4.78, 5) is 15.0. The second-order valence-electron chi connectivity index (χ2n) is 5.99. The Hall–Kier alpha value is -3.08. The van der Waals surface area contributed by atoms with E-state index in [1.807, 2.05) is 23.6 Å². The number of thiophene rings is 1. The molecule has 0 unspecified atom stereocenters. The van der Waals surface area contributed by atoms with E-state index in [-0.39, 0.29) is 5.82 Å². The lowest BCUT2D eigenvalue weighted by molar-refractivity contribution is 0.479. The fourth-order valence-electron chi connectivity index (χ4n) is 2.67. The summed E-state index contributed by atoms with van der Waals surface area (Å²) >= 11 is 4.45. The summed E-state index contributed by atoms with van der Waals surface area (Å²) in [6.07, 6.45) is 5.03. The van der Waals surface area contributed by atoms with E-state index in [2.05, 4.69) is 24.6 Å². The van der Waals surface area contributed by atoms with Gasteiger partial charge >= 0.3 is 0 Å². The van der Waals surface area contributed by atoms with Gasteiger partial charge in [0.05, 0.1) is 10.2 Å². The maximum atomic E-state index is 13.3. The van der Waals surface area contributed by atoms with Crippen LogP contribution in [0.25, 0.3) is 10.2 Å². The molecule has 4 heterocycles. The Bertz CT molecular complexity index is 1290. The molecule has 0 saturated carbocycles. The van der Waals surface area contributed by atoms with Crippen LogP contribution in [0.4, 0.5) is 15.3 Å². The van der Waals surface area contributed by atoms with Gasteiger partial charge in [-0.1, -0.05) is 11.8 Å². The van der Waals surface area contributed by atoms with Crippen molar-refractivity contribution < 1.29 is 9.13 Å². The van der Waals surface area contributed by atoms with Crippen molar-refractivity contribution in [3.8, 4) is 11.5 Å². The lowest BCUT2D eigenvalue weighted by Crippen LogP contribution is -1.97. The maximum absolute atomic E-state index is 13.3. The van der Waals surface area contributed by atoms with Crippen LogP contribution < -0.4 is 10.1 Å². The van der Waals surface area contributed by atoms with E-state index < -0.39 is 0 Å². The molecule has 4 aromatic heterocycles. The molecule has 0 aliphatic heterocycles. The van der Waals surface area contributed by atoms with Crippen molar-refractivity contribution in [2.75, 3.05) is 5.32 Å². The minimum atomic E-state index is -0.324. The molecule has 6 nitrogen and oxygen atoms in total. The van der Waals surface area contributed by atoms with E-state index in [0.29, 0.717) is 22.4 Å². The van der Waals surface area contributed by atoms with Crippen molar-refractivity contribution in [1.29, 1.82) is 0 Å². The molecular formula is C20H12FN5OS3. The van der Waals surface area contributed by atoms with Crippen molar-refractivity contribution in [3.05, 3.63) is 72.4 Å². The van der Waals surface area contributed by atoms with Crippen molar-refractivity contribution in [2.24, 2.45) is 0 Å². The van der Waals surface area contributed by atoms with E-state index in [4.69, 9.17) is 4.74 Å². The summed E-state index contributed by atoms with van der Waals surface area (Å²) in [6.45, 7) is 0. The van der Waals surface area contributed by atoms with Crippen molar-refractivity contribution in [2.45, 2.75) is 9.79 Å². The molecule has 0 amide bonds. The number of hydrogen-bond acceptors (Lipinski definition) is 9. The highest BCUT2D eigenvalue weighted by molar-refractivity contribution is 7.99. The highest BCUT2D eigenvalue weighted by atomic mass is 32.2. The molecule has 148 valence electrons. The average Bonchev–Trinajstić information content (AvgIpc) is 3.44. The zero-order chi connectivity index (χ0) is 20.3. The zero-order valence-corrected chi connectivity index (χ0v) is 17.6. The van der Waals surface area contributed by atoms with Gasteiger partial charge in [0.25, 0.3) is 0 Å². The molecular weight excluding hydrogens is 441 g/mol. The lowest BCUT2D eigenvalue weighted by atomic mass is 10.3. The van der Waals surface area contributed by atoms with Crippen LogP contribution in [0.15, 0.2) is 76.4 Å². The Kier molecular flexibility index (Phi) is 5.26. The van der Waals surface area contributed by atoms with Crippen LogP contribution in [-0.4, -0.2) is 19.3 Å². The molecule has 1 aromatic carbocycles. The smallest absolute Gasteiger partial charge is 0.208 e. The van der Waals surface area contributed by atoms with Crippen LogP contribution in [0.2, 0.25) is 0 Å². The number of halogens is 1. The molecule has 0 saturated heterocycles. The summed E-state index contributed by atoms with van der Waals surface area (Å²) in [5, 5.41) is 5.74. The molecule has 30 heavy (non-hydrogen) atoms. The van der Waals surface area contributed by atoms with Crippen LogP contribution in [-0.2, 0) is 0 Å². The first-order valence-corrected chi connectivity index (χ1v) is 11.2. The molecule has 0 bridgehead atoms. The summed E-state index contributed by atoms with van der Waals surface area (Å²) in [5.74, 6) is 1.18. The summed E-state index contributed by atoms with van der Waals surface area (Å²) in [6, 6.07) is 11.7. The number of ether oxygens (including phenoxy) is 1. The van der Waals surface area contributed by atoms with Gasteiger partial charge in [-0.2, -0.15) is 4.37 Å². The molecule has 0 atom stereocenters. The number of hydrogen-bond donors (Lipinski definition) is 1. The van der Waals surface area contributed by atoms with Crippen LogP contribution >= 0.6 is 34.6 Å². The second kappa shape index (κ2) is 8.34. The minimum absolute atomic E-state index is 0.324. The molecule has 0 radical (unpaired) electrons. The number of nitrogens with one attached hydrogen (secondary N) is 1. The normalized spacial score (nSPS) is 11.0. The number of aromatic nitrogens is 4. The van der Waals surface area contributed by atoms with Gasteiger partial charge in [0.2, 0.25) is 5.13 Å². The van der Waals surface area contributed by atoms with Gasteiger partial charge in [-0.15, -0.1) is 11.3 Å². The molecule has 0 spiro atoms. The van der Waals surface area contributed by atoms with Crippen LogP contribution in [0.5, 0.6) is 11.5 Å². The molecule has 0 fully saturated rings. The van der Waals surface area contributed by atoms with Gasteiger partial charge in [-0.3, -0.25) is 4.98 Å². The van der Waals surface area contributed by atoms with Gasteiger partial charge in [-0.25, -0.2) is 14.4 Å². The third-order valence-electron chi connectivity index (χ3n) is 3.99. The van der Waals surface area contributed by atoms with Gasteiger partial charge < -0.3 is 10.1 Å². The number of nitrogens with zero attached hydrogens (tertiary/aromatic N) is 4. The number of rotatable bonds is 6. The molecule has 0 aliphatic carbocycles. The van der Waals surface area contributed by atoms with Crippen molar-refractivity contribution in [3.63, 3.8) is 0 Å². The number of fused-ring (bicyclic) bond motifs is 1. The fourth-order valence-corrected chi connectivity index (χ4v) is 4.98. The van der Waals surface area contributed by atoms with Crippen LogP contribution in [0.3, 0.4) is 0 Å². The Balaban J connectivity index is 1.49. The first-order chi connectivity index (χ1) is 14.7. The molecule has 1 N–H and O–H groups in total. The third kappa shape index (κ3) is 4.11. The highest BCUT2D eigenvalue weighted by Gasteiger charge is 2.13. The van der Waals surface area contributed by atoms with E-state index in [9.17, 15) is 4.39 Å². The lowest BCUT2D eigenvalue weighted by Gasteiger charge is -2.12. The standard InChI is InChI=1S/C20H12FN5OS3/c21-12-1-3-13(4-2-12)27-16-9-14(10-23-19(16)26-20-24-11-25-30-20)29-17-5-7-22-15-6-8-28-18(15)17/h1-11H,(H,23,24,25,26). The maximum Gasteiger partial charge on any atom is 0.208 e. The highest BCUT2D eigenvalue weighted by Crippen LogP contribution is 2.39. The molecule has 5 rings (SSSR count). The van der Waals surface area contributed by atoms with Crippen LogP contribution in [0, 0.1) is 5.82 Å². The Morgan fingerprint density at radius 3 is 2.77 bits per heavy atom. The van der Waals surface area contributed by atoms with E-state index >= 15 is 0 Å². The Morgan fingerprint density at radius 2 is 1.93 bits per heavy atom. The summed E-state index contributed by atoms with van der Waals surface area (Å²) < 4.78 is 24.4. The third-order valence-corrected chi connectivity index (χ3v) is 6.66. The molecule has 0 aliphatic rings. The quantitative estimate of drug-likeness (QED) is 0.320. The minimum Gasteiger partial charge on any atom is -0.453 e. The Labute approximate surface area is 183 Å².